The van der Waals surface area contributed by atoms with Gasteiger partial charge in [-0.3, -0.25) is 8.61 Å². The molecule has 0 saturated heterocycles. The van der Waals surface area contributed by atoms with Gasteiger partial charge in [0, 0.05) is 0 Å². The number of halogens is 3. The average molecular weight is 551 g/mol. The summed E-state index contributed by atoms with van der Waals surface area (Å²) in [5, 5.41) is 0. The van der Waals surface area contributed by atoms with Crippen LogP contribution in [0.2, 0.25) is 0 Å². The molecule has 11 heteroatoms. The number of hydrogen-bond acceptors (Lipinski definition) is 4. The van der Waals surface area contributed by atoms with Gasteiger partial charge in [0.05, 0.1) is 39.3 Å². The number of alkyl halides is 3. The maximum absolute atomic E-state index is 13.8. The molecule has 196 valence electrons. The van der Waals surface area contributed by atoms with Gasteiger partial charge in [-0.25, -0.2) is 16.8 Å². The lowest BCUT2D eigenvalue weighted by Crippen LogP contribution is -2.53. The largest absolute Gasteiger partial charge is 0.416 e. The van der Waals surface area contributed by atoms with Gasteiger partial charge in [0.15, 0.2) is 0 Å². The van der Waals surface area contributed by atoms with Crippen molar-refractivity contribution in [2.45, 2.75) is 42.8 Å². The van der Waals surface area contributed by atoms with E-state index in [2.05, 4.69) is 6.58 Å². The second-order valence-corrected chi connectivity index (χ2v) is 12.7. The molecule has 0 amide bonds. The first-order chi connectivity index (χ1) is 17.1. The van der Waals surface area contributed by atoms with E-state index in [1.807, 2.05) is 0 Å². The molecule has 6 nitrogen and oxygen atoms in total. The van der Waals surface area contributed by atoms with E-state index in [0.717, 1.165) is 31.9 Å². The summed E-state index contributed by atoms with van der Waals surface area (Å²) in [6, 6.07) is 13.2. The van der Waals surface area contributed by atoms with E-state index in [1.54, 1.807) is 45.0 Å². The summed E-state index contributed by atoms with van der Waals surface area (Å²) in [7, 11) is -8.66. The van der Waals surface area contributed by atoms with Crippen LogP contribution in [0.5, 0.6) is 0 Å². The molecule has 0 aromatic heterocycles. The highest BCUT2D eigenvalue weighted by Gasteiger charge is 2.44. The molecule has 0 N–H and O–H groups in total. The van der Waals surface area contributed by atoms with Crippen molar-refractivity contribution in [2.24, 2.45) is 0 Å². The number of sulfonamides is 2. The summed E-state index contributed by atoms with van der Waals surface area (Å²) in [5.41, 5.74) is 0.265. The summed E-state index contributed by atoms with van der Waals surface area (Å²) < 4.78 is 97.9. The first-order valence-corrected chi connectivity index (χ1v) is 14.1. The summed E-state index contributed by atoms with van der Waals surface area (Å²) in [4.78, 5) is -0.207. The fourth-order valence-electron chi connectivity index (χ4n) is 4.13. The lowest BCUT2D eigenvalue weighted by molar-refractivity contribution is -0.137. The maximum Gasteiger partial charge on any atom is 0.416 e. The monoisotopic (exact) mass is 550 g/mol. The standard InChI is InChI=1S/C26H25F3N2O4S2/c1-17(2)25-16-30(36(32,33)21-10-5-18(3)6-11-21)24-15-20(26(27,28)29)9-14-23(24)31(25)37(34,35)22-12-7-19(4)8-13-22/h5-15,25H,1,16H2,2-4H3. The van der Waals surface area contributed by atoms with Crippen LogP contribution < -0.4 is 8.61 Å². The molecule has 0 bridgehead atoms. The van der Waals surface area contributed by atoms with Crippen molar-refractivity contribution in [1.82, 2.24) is 0 Å². The highest BCUT2D eigenvalue weighted by molar-refractivity contribution is 7.93. The van der Waals surface area contributed by atoms with E-state index >= 15 is 0 Å². The van der Waals surface area contributed by atoms with Gasteiger partial charge >= 0.3 is 6.18 Å². The number of benzene rings is 3. The Bertz CT molecular complexity index is 1570. The normalized spacial score (nSPS) is 16.4. The molecule has 0 fully saturated rings. The van der Waals surface area contributed by atoms with E-state index in [1.165, 1.54) is 24.3 Å². The fourth-order valence-corrected chi connectivity index (χ4v) is 7.30. The van der Waals surface area contributed by atoms with E-state index in [4.69, 9.17) is 0 Å². The molecule has 1 unspecified atom stereocenters. The zero-order valence-corrected chi connectivity index (χ0v) is 22.0. The second-order valence-electron chi connectivity index (χ2n) is 9.03. The number of fused-ring (bicyclic) bond motifs is 1. The minimum atomic E-state index is -4.78. The first-order valence-electron chi connectivity index (χ1n) is 11.2. The van der Waals surface area contributed by atoms with Crippen molar-refractivity contribution in [3.8, 4) is 0 Å². The van der Waals surface area contributed by atoms with Crippen molar-refractivity contribution >= 4 is 31.4 Å². The van der Waals surface area contributed by atoms with Gasteiger partial charge in [-0.05, 0) is 63.2 Å². The Hall–Kier alpha value is -3.31. The number of nitrogens with zero attached hydrogens (tertiary/aromatic N) is 2. The second kappa shape index (κ2) is 9.21. The Balaban J connectivity index is 1.99. The van der Waals surface area contributed by atoms with Crippen LogP contribution in [-0.2, 0) is 26.2 Å². The van der Waals surface area contributed by atoms with E-state index in [0.29, 0.717) is 11.6 Å². The van der Waals surface area contributed by atoms with Crippen molar-refractivity contribution in [3.63, 3.8) is 0 Å². The third kappa shape index (κ3) is 4.85. The molecule has 1 atom stereocenters. The number of rotatable bonds is 5. The SMILES string of the molecule is C=C(C)C1CN(S(=O)(=O)c2ccc(C)cc2)c2cc(C(F)(F)F)ccc2N1S(=O)(=O)c1ccc(C)cc1. The van der Waals surface area contributed by atoms with Crippen LogP contribution in [0.15, 0.2) is 88.7 Å². The van der Waals surface area contributed by atoms with Crippen LogP contribution in [0.25, 0.3) is 0 Å². The summed E-state index contributed by atoms with van der Waals surface area (Å²) in [6.45, 7) is 8.53. The lowest BCUT2D eigenvalue weighted by Gasteiger charge is -2.43. The fraction of sp³-hybridized carbons (Fsp3) is 0.231. The van der Waals surface area contributed by atoms with E-state index in [-0.39, 0.29) is 21.2 Å². The molecule has 0 saturated carbocycles. The molecule has 0 aliphatic carbocycles. The number of hydrogen-bond donors (Lipinski definition) is 0. The molecule has 3 aromatic rings. The van der Waals surface area contributed by atoms with Gasteiger partial charge < -0.3 is 0 Å². The highest BCUT2D eigenvalue weighted by atomic mass is 32.2. The van der Waals surface area contributed by atoms with Gasteiger partial charge in [-0.2, -0.15) is 13.2 Å². The maximum atomic E-state index is 13.8. The lowest BCUT2D eigenvalue weighted by atomic mass is 10.0. The number of anilines is 2. The molecular formula is C26H25F3N2O4S2. The highest BCUT2D eigenvalue weighted by Crippen LogP contribution is 2.45. The predicted molar refractivity (Wildman–Crippen MR) is 137 cm³/mol. The molecule has 1 heterocycles. The molecule has 0 spiro atoms. The molecule has 1 aliphatic rings. The quantitative estimate of drug-likeness (QED) is 0.384. The molecule has 37 heavy (non-hydrogen) atoms. The van der Waals surface area contributed by atoms with Crippen LogP contribution in [-0.4, -0.2) is 29.4 Å². The topological polar surface area (TPSA) is 74.8 Å². The Morgan fingerprint density at radius 3 is 1.76 bits per heavy atom. The van der Waals surface area contributed by atoms with Gasteiger partial charge in [0.1, 0.15) is 0 Å². The van der Waals surface area contributed by atoms with Crippen LogP contribution in [0.4, 0.5) is 24.5 Å². The van der Waals surface area contributed by atoms with Crippen LogP contribution in [0, 0.1) is 13.8 Å². The van der Waals surface area contributed by atoms with Crippen molar-refractivity contribution in [3.05, 3.63) is 95.6 Å². The summed E-state index contributed by atoms with van der Waals surface area (Å²) in [6.07, 6.45) is -4.78. The van der Waals surface area contributed by atoms with Crippen LogP contribution in [0.3, 0.4) is 0 Å². The molecule has 3 aromatic carbocycles. The zero-order valence-electron chi connectivity index (χ0n) is 20.3. The van der Waals surface area contributed by atoms with Crippen molar-refractivity contribution in [2.75, 3.05) is 15.2 Å². The summed E-state index contributed by atoms with van der Waals surface area (Å²) >= 11 is 0. The smallest absolute Gasteiger partial charge is 0.262 e. The summed E-state index contributed by atoms with van der Waals surface area (Å²) in [5.74, 6) is 0. The Kier molecular flexibility index (Phi) is 6.66. The minimum absolute atomic E-state index is 0.0787. The van der Waals surface area contributed by atoms with Crippen molar-refractivity contribution < 1.29 is 30.0 Å². The van der Waals surface area contributed by atoms with E-state index in [9.17, 15) is 30.0 Å². The first kappa shape index (κ1) is 26.7. The minimum Gasteiger partial charge on any atom is -0.262 e. The Labute approximate surface area is 214 Å². The third-order valence-electron chi connectivity index (χ3n) is 6.19. The predicted octanol–water partition coefficient (Wildman–Crippen LogP) is 5.67. The zero-order chi connectivity index (χ0) is 27.3. The Morgan fingerprint density at radius 1 is 0.811 bits per heavy atom. The van der Waals surface area contributed by atoms with Crippen LogP contribution in [0.1, 0.15) is 23.6 Å². The van der Waals surface area contributed by atoms with Gasteiger partial charge in [0.25, 0.3) is 20.0 Å². The van der Waals surface area contributed by atoms with Gasteiger partial charge in [0.2, 0.25) is 0 Å². The number of aryl methyl sites for hydroxylation is 2. The van der Waals surface area contributed by atoms with Crippen LogP contribution >= 0.6 is 0 Å². The third-order valence-corrected chi connectivity index (χ3v) is 9.82. The molecule has 4 rings (SSSR count). The average Bonchev–Trinajstić information content (AvgIpc) is 2.82. The molecule has 0 radical (unpaired) electrons. The van der Waals surface area contributed by atoms with Crippen molar-refractivity contribution in [1.29, 1.82) is 0 Å². The molecular weight excluding hydrogens is 525 g/mol. The van der Waals surface area contributed by atoms with E-state index < -0.39 is 44.4 Å². The van der Waals surface area contributed by atoms with Gasteiger partial charge in [-0.15, -0.1) is 0 Å². The van der Waals surface area contributed by atoms with Gasteiger partial charge in [-0.1, -0.05) is 47.5 Å². The molecule has 1 aliphatic heterocycles. The Morgan fingerprint density at radius 2 is 1.30 bits per heavy atom.